The van der Waals surface area contributed by atoms with Gasteiger partial charge >= 0.3 is 12.2 Å². The Morgan fingerprint density at radius 3 is 2.68 bits per heavy atom. The molecule has 4 bridgehead atoms. The maximum Gasteiger partial charge on any atom is 0.430 e. The molecule has 0 saturated carbocycles. The Morgan fingerprint density at radius 1 is 1.18 bits per heavy atom. The summed E-state index contributed by atoms with van der Waals surface area (Å²) in [6, 6.07) is 3.71. The van der Waals surface area contributed by atoms with Crippen molar-refractivity contribution in [2.45, 2.75) is 49.8 Å². The van der Waals surface area contributed by atoms with Gasteiger partial charge in [-0.15, -0.1) is 0 Å². The third-order valence-electron chi connectivity index (χ3n) is 8.01. The van der Waals surface area contributed by atoms with Crippen molar-refractivity contribution < 1.29 is 33.3 Å². The van der Waals surface area contributed by atoms with E-state index in [4.69, 9.17) is 18.9 Å². The third-order valence-corrected chi connectivity index (χ3v) is 8.01. The topological polar surface area (TPSA) is 97.9 Å². The average molecular weight is 469 g/mol. The molecule has 5 atom stereocenters. The number of methoxy groups -OCH3 is 1. The monoisotopic (exact) mass is 469 g/mol. The van der Waals surface area contributed by atoms with Crippen LogP contribution in [0.5, 0.6) is 11.5 Å². The summed E-state index contributed by atoms with van der Waals surface area (Å²) in [5, 5.41) is 2.73. The van der Waals surface area contributed by atoms with Gasteiger partial charge in [0.15, 0.2) is 23.4 Å². The molecule has 34 heavy (non-hydrogen) atoms. The predicted octanol–water partition coefficient (Wildman–Crippen LogP) is 2.01. The van der Waals surface area contributed by atoms with Crippen molar-refractivity contribution in [1.29, 1.82) is 0 Å². The normalized spacial score (nSPS) is 33.7. The summed E-state index contributed by atoms with van der Waals surface area (Å²) in [7, 11) is 1.57. The van der Waals surface area contributed by atoms with Crippen LogP contribution in [0.25, 0.3) is 0 Å². The zero-order valence-corrected chi connectivity index (χ0v) is 19.4. The number of rotatable bonds is 3. The van der Waals surface area contributed by atoms with Gasteiger partial charge in [0.25, 0.3) is 0 Å². The second-order valence-electron chi connectivity index (χ2n) is 9.19. The van der Waals surface area contributed by atoms with Crippen LogP contribution < -0.4 is 9.47 Å². The van der Waals surface area contributed by atoms with E-state index in [1.807, 2.05) is 12.1 Å². The third kappa shape index (κ3) is 2.27. The lowest BCUT2D eigenvalue weighted by Gasteiger charge is -2.69. The van der Waals surface area contributed by atoms with E-state index in [-0.39, 0.29) is 31.7 Å². The van der Waals surface area contributed by atoms with Crippen LogP contribution in [0.4, 0.5) is 9.59 Å². The number of piperidine rings is 1. The highest BCUT2D eigenvalue weighted by atomic mass is 16.6. The first-order valence-electron chi connectivity index (χ1n) is 11.7. The minimum atomic E-state index is -1.08. The van der Waals surface area contributed by atoms with Gasteiger partial charge in [0.1, 0.15) is 5.54 Å². The van der Waals surface area contributed by atoms with Crippen molar-refractivity contribution in [3.05, 3.63) is 35.4 Å². The first-order valence-corrected chi connectivity index (χ1v) is 11.7. The Hall–Kier alpha value is -3.27. The van der Waals surface area contributed by atoms with Gasteiger partial charge in [-0.1, -0.05) is 12.1 Å². The minimum absolute atomic E-state index is 0.141. The number of benzene rings is 1. The van der Waals surface area contributed by atoms with Crippen LogP contribution in [-0.2, 0) is 26.1 Å². The Labute approximate surface area is 196 Å². The van der Waals surface area contributed by atoms with Gasteiger partial charge in [-0.25, -0.2) is 9.59 Å². The van der Waals surface area contributed by atoms with Gasteiger partial charge in [-0.3, -0.25) is 9.69 Å². The molecule has 1 aromatic carbocycles. The SMILES string of the molecule is CCOC(=O)N1CN2CCC34c5c6ccc(OC)c5OC3C(=O)C=CC4([C@@H]2C6)N1C(=O)OCC. The van der Waals surface area contributed by atoms with E-state index in [1.54, 1.807) is 27.0 Å². The summed E-state index contributed by atoms with van der Waals surface area (Å²) in [5.41, 5.74) is -0.00765. The molecule has 2 spiro atoms. The lowest BCUT2D eigenvalue weighted by Crippen LogP contribution is -2.87. The van der Waals surface area contributed by atoms with Crippen LogP contribution in [0.3, 0.4) is 0 Å². The van der Waals surface area contributed by atoms with Gasteiger partial charge in [0, 0.05) is 18.2 Å². The standard InChI is InChI=1S/C24H27N3O7/c1-4-32-21(29)26-13-25-11-10-23-18-14-6-7-16(31-3)19(18)34-20(23)15(28)8-9-24(23,17(25)12-14)27(26)22(30)33-5-2/h6-9,17,20H,4-5,10-13H2,1-3H3/t17-,20?,23?,24?/m0/s1. The Balaban J connectivity index is 1.65. The molecule has 2 saturated heterocycles. The number of ketones is 1. The Bertz CT molecular complexity index is 1140. The van der Waals surface area contributed by atoms with Gasteiger partial charge in [-0.05, 0) is 44.4 Å². The summed E-state index contributed by atoms with van der Waals surface area (Å²) in [6.45, 7) is 4.57. The van der Waals surface area contributed by atoms with E-state index in [0.717, 1.165) is 11.1 Å². The molecule has 5 aliphatic rings. The number of carbonyl (C=O) groups excluding carboxylic acids is 3. The minimum Gasteiger partial charge on any atom is -0.493 e. The molecule has 2 fully saturated rings. The van der Waals surface area contributed by atoms with Crippen molar-refractivity contribution in [3.63, 3.8) is 0 Å². The first-order chi connectivity index (χ1) is 16.4. The molecule has 10 heteroatoms. The summed E-state index contributed by atoms with van der Waals surface area (Å²) in [4.78, 5) is 42.2. The van der Waals surface area contributed by atoms with Crippen LogP contribution in [0.2, 0.25) is 0 Å². The van der Waals surface area contributed by atoms with Crippen molar-refractivity contribution >= 4 is 18.0 Å². The molecule has 2 aliphatic carbocycles. The molecule has 0 aromatic heterocycles. The smallest absolute Gasteiger partial charge is 0.430 e. The summed E-state index contributed by atoms with van der Waals surface area (Å²) < 4.78 is 22.8. The summed E-state index contributed by atoms with van der Waals surface area (Å²) >= 11 is 0. The molecule has 10 nitrogen and oxygen atoms in total. The van der Waals surface area contributed by atoms with Crippen LogP contribution in [-0.4, -0.2) is 84.1 Å². The second kappa shape index (κ2) is 7.11. The van der Waals surface area contributed by atoms with Crippen molar-refractivity contribution in [2.75, 3.05) is 33.5 Å². The van der Waals surface area contributed by atoms with Gasteiger partial charge < -0.3 is 18.9 Å². The summed E-state index contributed by atoms with van der Waals surface area (Å²) in [5.74, 6) is 0.929. The van der Waals surface area contributed by atoms with Crippen molar-refractivity contribution in [1.82, 2.24) is 14.9 Å². The molecule has 180 valence electrons. The van der Waals surface area contributed by atoms with E-state index < -0.39 is 29.2 Å². The number of nitrogens with zero attached hydrogens (tertiary/aromatic N) is 3. The lowest BCUT2D eigenvalue weighted by atomic mass is 9.48. The summed E-state index contributed by atoms with van der Waals surface area (Å²) in [6.07, 6.45) is 2.35. The predicted molar refractivity (Wildman–Crippen MR) is 117 cm³/mol. The largest absolute Gasteiger partial charge is 0.493 e. The molecule has 0 radical (unpaired) electrons. The highest BCUT2D eigenvalue weighted by Crippen LogP contribution is 2.66. The molecule has 0 N–H and O–H groups in total. The number of hydrazine groups is 1. The fourth-order valence-corrected chi connectivity index (χ4v) is 6.94. The molecule has 1 aromatic rings. The van der Waals surface area contributed by atoms with Crippen LogP contribution in [0, 0.1) is 0 Å². The maximum absolute atomic E-state index is 13.6. The number of carbonyl (C=O) groups is 3. The lowest BCUT2D eigenvalue weighted by molar-refractivity contribution is -0.218. The molecule has 4 unspecified atom stereocenters. The van der Waals surface area contributed by atoms with Gasteiger partial charge in [0.05, 0.1) is 32.4 Å². The molecule has 2 amide bonds. The van der Waals surface area contributed by atoms with Gasteiger partial charge in [0.2, 0.25) is 0 Å². The van der Waals surface area contributed by atoms with Crippen LogP contribution >= 0.6 is 0 Å². The van der Waals surface area contributed by atoms with Crippen LogP contribution in [0.1, 0.15) is 31.4 Å². The van der Waals surface area contributed by atoms with Crippen molar-refractivity contribution in [3.8, 4) is 11.5 Å². The van der Waals surface area contributed by atoms with E-state index >= 15 is 0 Å². The van der Waals surface area contributed by atoms with Crippen LogP contribution in [0.15, 0.2) is 24.3 Å². The highest BCUT2D eigenvalue weighted by Gasteiger charge is 2.77. The molecular formula is C24H27N3O7. The zero-order valence-electron chi connectivity index (χ0n) is 19.4. The quantitative estimate of drug-likeness (QED) is 0.663. The molecular weight excluding hydrogens is 442 g/mol. The Kier molecular flexibility index (Phi) is 4.45. The number of amides is 2. The Morgan fingerprint density at radius 2 is 1.94 bits per heavy atom. The number of hydrogen-bond acceptors (Lipinski definition) is 8. The average Bonchev–Trinajstić information content (AvgIpc) is 3.17. The second-order valence-corrected chi connectivity index (χ2v) is 9.19. The number of ether oxygens (including phenoxy) is 4. The maximum atomic E-state index is 13.6. The van der Waals surface area contributed by atoms with E-state index in [1.165, 1.54) is 16.1 Å². The van der Waals surface area contributed by atoms with E-state index in [9.17, 15) is 14.4 Å². The first kappa shape index (κ1) is 21.3. The van der Waals surface area contributed by atoms with Gasteiger partial charge in [-0.2, -0.15) is 10.0 Å². The van der Waals surface area contributed by atoms with Crippen molar-refractivity contribution in [2.24, 2.45) is 0 Å². The highest BCUT2D eigenvalue weighted by molar-refractivity contribution is 5.99. The van der Waals surface area contributed by atoms with E-state index in [2.05, 4.69) is 4.90 Å². The number of hydrogen-bond donors (Lipinski definition) is 0. The molecule has 3 aliphatic heterocycles. The fraction of sp³-hybridized carbons (Fsp3) is 0.542. The fourth-order valence-electron chi connectivity index (χ4n) is 6.94. The zero-order chi connectivity index (χ0) is 23.8. The molecule has 3 heterocycles. The molecule has 6 rings (SSSR count). The van der Waals surface area contributed by atoms with E-state index in [0.29, 0.717) is 30.9 Å².